The molecule has 28 heavy (non-hydrogen) atoms. The van der Waals surface area contributed by atoms with Crippen LogP contribution in [0.3, 0.4) is 0 Å². The predicted octanol–water partition coefficient (Wildman–Crippen LogP) is 4.06. The average molecular weight is 380 g/mol. The zero-order valence-electron chi connectivity index (χ0n) is 16.1. The van der Waals surface area contributed by atoms with E-state index in [0.717, 1.165) is 37.2 Å². The number of methoxy groups -OCH3 is 1. The fraction of sp³-hybridized carbons (Fsp3) is 0.348. The van der Waals surface area contributed by atoms with Gasteiger partial charge in [-0.1, -0.05) is 6.08 Å². The minimum absolute atomic E-state index is 0.0708. The zero-order chi connectivity index (χ0) is 19.7. The summed E-state index contributed by atoms with van der Waals surface area (Å²) in [5.41, 5.74) is 2.11. The molecule has 2 aromatic rings. The zero-order valence-corrected chi connectivity index (χ0v) is 16.1. The maximum Gasteiger partial charge on any atom is 0.258 e. The van der Waals surface area contributed by atoms with Crippen LogP contribution in [0.2, 0.25) is 0 Å². The number of halogens is 1. The molecule has 1 atom stereocenters. The van der Waals surface area contributed by atoms with Crippen molar-refractivity contribution in [3.63, 3.8) is 0 Å². The van der Waals surface area contributed by atoms with Gasteiger partial charge in [-0.25, -0.2) is 4.39 Å². The maximum absolute atomic E-state index is 14.2. The Kier molecular flexibility index (Phi) is 4.94. The first-order chi connectivity index (χ1) is 13.6. The van der Waals surface area contributed by atoms with Gasteiger partial charge in [0, 0.05) is 16.7 Å². The van der Waals surface area contributed by atoms with Gasteiger partial charge in [0.1, 0.15) is 11.6 Å². The van der Waals surface area contributed by atoms with Crippen molar-refractivity contribution in [2.75, 3.05) is 25.1 Å². The molecule has 2 aromatic carbocycles. The minimum Gasteiger partial charge on any atom is -0.497 e. The van der Waals surface area contributed by atoms with Gasteiger partial charge in [-0.05, 0) is 80.4 Å². The van der Waals surface area contributed by atoms with Crippen LogP contribution in [0.15, 0.2) is 55.1 Å². The van der Waals surface area contributed by atoms with Crippen LogP contribution in [0.4, 0.5) is 10.1 Å². The molecule has 1 fully saturated rings. The third-order valence-electron chi connectivity index (χ3n) is 6.15. The molecule has 5 heteroatoms. The maximum atomic E-state index is 14.2. The quantitative estimate of drug-likeness (QED) is 0.814. The number of nitrogens with one attached hydrogen (secondary N) is 1. The lowest BCUT2D eigenvalue weighted by Crippen LogP contribution is -2.51. The lowest BCUT2D eigenvalue weighted by atomic mass is 9.69. The van der Waals surface area contributed by atoms with Gasteiger partial charge in [0.2, 0.25) is 0 Å². The minimum atomic E-state index is -0.257. The van der Waals surface area contributed by atoms with E-state index in [0.29, 0.717) is 17.7 Å². The SMILES string of the molecule is C=CC[C@H]1N(C(=O)c2ccc(OC)cc2)c2ccc(F)cc2C12CCNCC2. The number of carbonyl (C=O) groups excluding carboxylic acids is 1. The van der Waals surface area contributed by atoms with Crippen LogP contribution in [0, 0.1) is 5.82 Å². The van der Waals surface area contributed by atoms with Crippen molar-refractivity contribution in [3.8, 4) is 5.75 Å². The molecule has 4 rings (SSSR count). The van der Waals surface area contributed by atoms with Crippen molar-refractivity contribution in [2.24, 2.45) is 0 Å². The lowest BCUT2D eigenvalue weighted by molar-refractivity contribution is 0.0964. The van der Waals surface area contributed by atoms with Gasteiger partial charge >= 0.3 is 0 Å². The van der Waals surface area contributed by atoms with Crippen LogP contribution in [0.1, 0.15) is 35.2 Å². The van der Waals surface area contributed by atoms with Crippen molar-refractivity contribution in [1.82, 2.24) is 5.32 Å². The summed E-state index contributed by atoms with van der Waals surface area (Å²) in [5, 5.41) is 3.40. The van der Waals surface area contributed by atoms with E-state index in [4.69, 9.17) is 4.74 Å². The Balaban J connectivity index is 1.82. The van der Waals surface area contributed by atoms with Crippen LogP contribution >= 0.6 is 0 Å². The van der Waals surface area contributed by atoms with Crippen LogP contribution in [0.25, 0.3) is 0 Å². The third kappa shape index (κ3) is 2.90. The van der Waals surface area contributed by atoms with Crippen LogP contribution in [-0.2, 0) is 5.41 Å². The van der Waals surface area contributed by atoms with E-state index in [1.54, 1.807) is 43.5 Å². The molecule has 0 aliphatic carbocycles. The normalized spacial score (nSPS) is 20.1. The highest BCUT2D eigenvalue weighted by Crippen LogP contribution is 2.52. The molecular formula is C23H25FN2O2. The fourth-order valence-electron chi connectivity index (χ4n) is 4.80. The van der Waals surface area contributed by atoms with Gasteiger partial charge in [0.05, 0.1) is 13.2 Å². The third-order valence-corrected chi connectivity index (χ3v) is 6.15. The standard InChI is InChI=1S/C23H25FN2O2/c1-3-4-21-23(11-13-25-14-12-23)19-15-17(24)7-10-20(19)26(21)22(27)16-5-8-18(28-2)9-6-16/h3,5-10,15,21,25H,1,4,11-14H2,2H3/t21-/m1/s1. The number of ether oxygens (including phenoxy) is 1. The van der Waals surface area contributed by atoms with Gasteiger partial charge < -0.3 is 15.0 Å². The van der Waals surface area contributed by atoms with Gasteiger partial charge in [-0.15, -0.1) is 6.58 Å². The summed E-state index contributed by atoms with van der Waals surface area (Å²) in [6.07, 6.45) is 4.27. The molecule has 0 aromatic heterocycles. The molecule has 1 N–H and O–H groups in total. The molecule has 146 valence electrons. The van der Waals surface area contributed by atoms with E-state index in [-0.39, 0.29) is 23.2 Å². The van der Waals surface area contributed by atoms with E-state index in [9.17, 15) is 9.18 Å². The van der Waals surface area contributed by atoms with Crippen LogP contribution in [-0.4, -0.2) is 32.1 Å². The number of piperidine rings is 1. The van der Waals surface area contributed by atoms with Crippen molar-refractivity contribution >= 4 is 11.6 Å². The topological polar surface area (TPSA) is 41.6 Å². The number of carbonyl (C=O) groups is 1. The van der Waals surface area contributed by atoms with Gasteiger partial charge in [0.15, 0.2) is 0 Å². The summed E-state index contributed by atoms with van der Waals surface area (Å²) in [4.78, 5) is 15.4. The Morgan fingerprint density at radius 2 is 2.00 bits per heavy atom. The number of hydrogen-bond donors (Lipinski definition) is 1. The summed E-state index contributed by atoms with van der Waals surface area (Å²) in [7, 11) is 1.60. The predicted molar refractivity (Wildman–Crippen MR) is 109 cm³/mol. The molecule has 4 nitrogen and oxygen atoms in total. The second-order valence-electron chi connectivity index (χ2n) is 7.51. The number of benzene rings is 2. The first-order valence-corrected chi connectivity index (χ1v) is 9.70. The first kappa shape index (κ1) is 18.7. The van der Waals surface area contributed by atoms with Gasteiger partial charge in [0.25, 0.3) is 5.91 Å². The van der Waals surface area contributed by atoms with Crippen LogP contribution < -0.4 is 15.0 Å². The molecule has 2 aliphatic rings. The van der Waals surface area contributed by atoms with E-state index in [1.165, 1.54) is 6.07 Å². The van der Waals surface area contributed by atoms with Crippen LogP contribution in [0.5, 0.6) is 5.75 Å². The molecular weight excluding hydrogens is 355 g/mol. The highest BCUT2D eigenvalue weighted by Gasteiger charge is 2.52. The van der Waals surface area contributed by atoms with Crippen molar-refractivity contribution < 1.29 is 13.9 Å². The highest BCUT2D eigenvalue weighted by atomic mass is 19.1. The monoisotopic (exact) mass is 380 g/mol. The second-order valence-corrected chi connectivity index (χ2v) is 7.51. The number of anilines is 1. The summed E-state index contributed by atoms with van der Waals surface area (Å²) < 4.78 is 19.4. The van der Waals surface area contributed by atoms with Crippen molar-refractivity contribution in [2.45, 2.75) is 30.7 Å². The van der Waals surface area contributed by atoms with E-state index in [1.807, 2.05) is 11.0 Å². The molecule has 0 unspecified atom stereocenters. The summed E-state index contributed by atoms with van der Waals surface area (Å²) in [5.74, 6) is 0.378. The molecule has 0 radical (unpaired) electrons. The fourth-order valence-corrected chi connectivity index (χ4v) is 4.80. The first-order valence-electron chi connectivity index (χ1n) is 9.70. The summed E-state index contributed by atoms with van der Waals surface area (Å²) in [6.45, 7) is 5.64. The van der Waals surface area contributed by atoms with Crippen molar-refractivity contribution in [3.05, 3.63) is 72.1 Å². The number of amides is 1. The Labute approximate surface area is 165 Å². The molecule has 1 spiro atoms. The largest absolute Gasteiger partial charge is 0.497 e. The average Bonchev–Trinajstić information content (AvgIpc) is 2.97. The van der Waals surface area contributed by atoms with E-state index < -0.39 is 0 Å². The number of rotatable bonds is 4. The highest BCUT2D eigenvalue weighted by molar-refractivity contribution is 6.08. The van der Waals surface area contributed by atoms with Gasteiger partial charge in [-0.2, -0.15) is 0 Å². The number of nitrogens with zero attached hydrogens (tertiary/aromatic N) is 1. The Morgan fingerprint density at radius 1 is 1.29 bits per heavy atom. The molecule has 0 saturated carbocycles. The van der Waals surface area contributed by atoms with E-state index in [2.05, 4.69) is 11.9 Å². The summed E-state index contributed by atoms with van der Waals surface area (Å²) in [6, 6.07) is 11.9. The van der Waals surface area contributed by atoms with Gasteiger partial charge in [-0.3, -0.25) is 4.79 Å². The number of hydrogen-bond acceptors (Lipinski definition) is 3. The molecule has 1 saturated heterocycles. The smallest absolute Gasteiger partial charge is 0.258 e. The van der Waals surface area contributed by atoms with E-state index >= 15 is 0 Å². The Hall–Kier alpha value is -2.66. The second kappa shape index (κ2) is 7.40. The summed E-state index contributed by atoms with van der Waals surface area (Å²) >= 11 is 0. The molecule has 1 amide bonds. The lowest BCUT2D eigenvalue weighted by Gasteiger charge is -2.41. The Morgan fingerprint density at radius 3 is 2.64 bits per heavy atom. The van der Waals surface area contributed by atoms with Crippen molar-refractivity contribution in [1.29, 1.82) is 0 Å². The molecule has 2 heterocycles. The molecule has 0 bridgehead atoms. The Bertz CT molecular complexity index is 888. The number of fused-ring (bicyclic) bond motifs is 2. The molecule has 2 aliphatic heterocycles.